The van der Waals surface area contributed by atoms with Crippen molar-refractivity contribution < 1.29 is 14.4 Å². The molecule has 0 aromatic heterocycles. The van der Waals surface area contributed by atoms with Crippen molar-refractivity contribution in [2.75, 3.05) is 23.7 Å². The molecule has 0 heterocycles. The number of carbonyl (C=O) groups excluding carboxylic acids is 3. The molecule has 0 radical (unpaired) electrons. The van der Waals surface area contributed by atoms with Crippen molar-refractivity contribution in [3.05, 3.63) is 60.2 Å². The maximum Gasteiger partial charge on any atom is 0.319 e. The quantitative estimate of drug-likeness (QED) is 0.646. The molecule has 7 nitrogen and oxygen atoms in total. The molecule has 0 spiro atoms. The first-order chi connectivity index (χ1) is 12.0. The van der Waals surface area contributed by atoms with Crippen molar-refractivity contribution in [3.8, 4) is 0 Å². The highest BCUT2D eigenvalue weighted by Gasteiger charge is 2.08. The first-order valence-corrected chi connectivity index (χ1v) is 7.76. The van der Waals surface area contributed by atoms with Gasteiger partial charge in [-0.05, 0) is 36.8 Å². The van der Waals surface area contributed by atoms with Gasteiger partial charge < -0.3 is 21.3 Å². The highest BCUT2D eigenvalue weighted by molar-refractivity contribution is 5.96. The van der Waals surface area contributed by atoms with Crippen molar-refractivity contribution in [2.45, 2.75) is 6.92 Å². The molecule has 4 amide bonds. The van der Waals surface area contributed by atoms with Gasteiger partial charge in [0, 0.05) is 11.4 Å². The Labute approximate surface area is 145 Å². The van der Waals surface area contributed by atoms with E-state index in [0.29, 0.717) is 11.4 Å². The highest BCUT2D eigenvalue weighted by Crippen LogP contribution is 2.08. The molecule has 0 saturated carbocycles. The topological polar surface area (TPSA) is 99.3 Å². The lowest BCUT2D eigenvalue weighted by Crippen LogP contribution is -2.41. The number of urea groups is 1. The van der Waals surface area contributed by atoms with Crippen LogP contribution in [0.3, 0.4) is 0 Å². The fourth-order valence-corrected chi connectivity index (χ4v) is 2.03. The number of para-hydroxylation sites is 1. The normalized spacial score (nSPS) is 9.80. The summed E-state index contributed by atoms with van der Waals surface area (Å²) in [5.41, 5.74) is 2.30. The second-order valence-electron chi connectivity index (χ2n) is 5.37. The number of benzene rings is 2. The first-order valence-electron chi connectivity index (χ1n) is 7.76. The van der Waals surface area contributed by atoms with Gasteiger partial charge in [0.05, 0.1) is 13.1 Å². The molecule has 0 bridgehead atoms. The van der Waals surface area contributed by atoms with Crippen LogP contribution in [-0.4, -0.2) is 30.9 Å². The summed E-state index contributed by atoms with van der Waals surface area (Å²) >= 11 is 0. The third-order valence-corrected chi connectivity index (χ3v) is 3.19. The van der Waals surface area contributed by atoms with E-state index < -0.39 is 11.9 Å². The molecule has 2 rings (SSSR count). The minimum absolute atomic E-state index is 0.172. The van der Waals surface area contributed by atoms with E-state index in [9.17, 15) is 14.4 Å². The molecule has 0 aliphatic carbocycles. The lowest BCUT2D eigenvalue weighted by atomic mass is 10.2. The van der Waals surface area contributed by atoms with Crippen LogP contribution in [-0.2, 0) is 9.59 Å². The van der Waals surface area contributed by atoms with Gasteiger partial charge in [0.1, 0.15) is 0 Å². The molecule has 0 saturated heterocycles. The maximum absolute atomic E-state index is 11.7. The Kier molecular flexibility index (Phi) is 6.53. The van der Waals surface area contributed by atoms with Crippen LogP contribution < -0.4 is 21.3 Å². The number of nitrogens with one attached hydrogen (secondary N) is 4. The first kappa shape index (κ1) is 18.0. The summed E-state index contributed by atoms with van der Waals surface area (Å²) in [6, 6.07) is 15.7. The number of carbonyl (C=O) groups is 3. The SMILES string of the molecule is Cc1cccc(NC(=O)NCC(=O)NCC(=O)Nc2ccccc2)c1. The van der Waals surface area contributed by atoms with Crippen LogP contribution in [0, 0.1) is 6.92 Å². The fourth-order valence-electron chi connectivity index (χ4n) is 2.03. The number of rotatable bonds is 6. The molecular formula is C18H20N4O3. The Hall–Kier alpha value is -3.35. The van der Waals surface area contributed by atoms with Gasteiger partial charge >= 0.3 is 6.03 Å². The zero-order valence-electron chi connectivity index (χ0n) is 13.8. The summed E-state index contributed by atoms with van der Waals surface area (Å²) in [7, 11) is 0. The summed E-state index contributed by atoms with van der Waals surface area (Å²) in [4.78, 5) is 35.1. The minimum Gasteiger partial charge on any atom is -0.345 e. The molecule has 2 aromatic rings. The van der Waals surface area contributed by atoms with Crippen LogP contribution >= 0.6 is 0 Å². The van der Waals surface area contributed by atoms with E-state index in [-0.39, 0.29) is 19.0 Å². The number of aryl methyl sites for hydroxylation is 1. The molecule has 0 aliphatic rings. The summed E-state index contributed by atoms with van der Waals surface area (Å²) in [6.45, 7) is 1.52. The van der Waals surface area contributed by atoms with Crippen molar-refractivity contribution in [2.24, 2.45) is 0 Å². The molecule has 0 aliphatic heterocycles. The van der Waals surface area contributed by atoms with E-state index in [0.717, 1.165) is 5.56 Å². The van der Waals surface area contributed by atoms with Crippen LogP contribution in [0.1, 0.15) is 5.56 Å². The van der Waals surface area contributed by atoms with Crippen LogP contribution in [0.5, 0.6) is 0 Å². The lowest BCUT2D eigenvalue weighted by molar-refractivity contribution is -0.123. The van der Waals surface area contributed by atoms with Gasteiger partial charge in [0.25, 0.3) is 0 Å². The van der Waals surface area contributed by atoms with E-state index in [1.165, 1.54) is 0 Å². The third kappa shape index (κ3) is 6.74. The van der Waals surface area contributed by atoms with E-state index in [1.807, 2.05) is 31.2 Å². The zero-order valence-corrected chi connectivity index (χ0v) is 13.8. The highest BCUT2D eigenvalue weighted by atomic mass is 16.2. The van der Waals surface area contributed by atoms with Crippen LogP contribution in [0.15, 0.2) is 54.6 Å². The van der Waals surface area contributed by atoms with Gasteiger partial charge in [-0.1, -0.05) is 30.3 Å². The lowest BCUT2D eigenvalue weighted by Gasteiger charge is -2.09. The van der Waals surface area contributed by atoms with Gasteiger partial charge in [0.2, 0.25) is 11.8 Å². The van der Waals surface area contributed by atoms with Gasteiger partial charge in [0.15, 0.2) is 0 Å². The van der Waals surface area contributed by atoms with Crippen molar-refractivity contribution >= 4 is 29.2 Å². The molecule has 7 heteroatoms. The average Bonchev–Trinajstić information content (AvgIpc) is 2.59. The Morgan fingerprint density at radius 2 is 1.44 bits per heavy atom. The second kappa shape index (κ2) is 9.07. The van der Waals surface area contributed by atoms with E-state index in [2.05, 4.69) is 21.3 Å². The van der Waals surface area contributed by atoms with E-state index in [1.54, 1.807) is 30.3 Å². The van der Waals surface area contributed by atoms with Gasteiger partial charge in [-0.15, -0.1) is 0 Å². The number of hydrogen-bond donors (Lipinski definition) is 4. The minimum atomic E-state index is -0.491. The summed E-state index contributed by atoms with van der Waals surface area (Å²) in [5, 5.41) is 10.1. The fraction of sp³-hybridized carbons (Fsp3) is 0.167. The molecule has 0 fully saturated rings. The third-order valence-electron chi connectivity index (χ3n) is 3.19. The molecule has 130 valence electrons. The summed E-state index contributed by atoms with van der Waals surface area (Å²) < 4.78 is 0. The van der Waals surface area contributed by atoms with Crippen LogP contribution in [0.4, 0.5) is 16.2 Å². The Morgan fingerprint density at radius 3 is 2.16 bits per heavy atom. The predicted molar refractivity (Wildman–Crippen MR) is 96.3 cm³/mol. The van der Waals surface area contributed by atoms with Gasteiger partial charge in [-0.3, -0.25) is 9.59 Å². The number of anilines is 2. The largest absolute Gasteiger partial charge is 0.345 e. The molecular weight excluding hydrogens is 320 g/mol. The predicted octanol–water partition coefficient (Wildman–Crippen LogP) is 1.87. The molecule has 0 atom stereocenters. The van der Waals surface area contributed by atoms with Crippen LogP contribution in [0.25, 0.3) is 0 Å². The number of amides is 4. The summed E-state index contributed by atoms with van der Waals surface area (Å²) in [6.07, 6.45) is 0. The molecule has 25 heavy (non-hydrogen) atoms. The van der Waals surface area contributed by atoms with Gasteiger partial charge in [-0.25, -0.2) is 4.79 Å². The molecule has 2 aromatic carbocycles. The van der Waals surface area contributed by atoms with Gasteiger partial charge in [-0.2, -0.15) is 0 Å². The maximum atomic E-state index is 11.7. The monoisotopic (exact) mass is 340 g/mol. The molecule has 4 N–H and O–H groups in total. The Bertz CT molecular complexity index is 747. The Morgan fingerprint density at radius 1 is 0.760 bits per heavy atom. The number of hydrogen-bond acceptors (Lipinski definition) is 3. The van der Waals surface area contributed by atoms with Crippen LogP contribution in [0.2, 0.25) is 0 Å². The smallest absolute Gasteiger partial charge is 0.319 e. The standard InChI is InChI=1S/C18H20N4O3/c1-13-6-5-9-15(10-13)22-18(25)20-11-16(23)19-12-17(24)21-14-7-3-2-4-8-14/h2-10H,11-12H2,1H3,(H,19,23)(H,21,24)(H2,20,22,25). The van der Waals surface area contributed by atoms with E-state index >= 15 is 0 Å². The average molecular weight is 340 g/mol. The Balaban J connectivity index is 1.66. The van der Waals surface area contributed by atoms with Crippen molar-refractivity contribution in [1.29, 1.82) is 0 Å². The van der Waals surface area contributed by atoms with Crippen molar-refractivity contribution in [1.82, 2.24) is 10.6 Å². The summed E-state index contributed by atoms with van der Waals surface area (Å²) in [5.74, 6) is -0.800. The second-order valence-corrected chi connectivity index (χ2v) is 5.37. The van der Waals surface area contributed by atoms with Crippen molar-refractivity contribution in [3.63, 3.8) is 0 Å². The zero-order chi connectivity index (χ0) is 18.1. The molecule has 0 unspecified atom stereocenters. The van der Waals surface area contributed by atoms with E-state index in [4.69, 9.17) is 0 Å².